The van der Waals surface area contributed by atoms with Gasteiger partial charge in [-0.05, 0) is 33.8 Å². The Hall–Kier alpha value is -1.14. The van der Waals surface area contributed by atoms with Crippen molar-refractivity contribution < 1.29 is 0 Å². The van der Waals surface area contributed by atoms with Gasteiger partial charge in [-0.3, -0.25) is 0 Å². The van der Waals surface area contributed by atoms with Crippen LogP contribution in [0.4, 0.5) is 11.6 Å². The molecule has 2 rings (SSSR count). The molecule has 0 aliphatic rings. The third-order valence-electron chi connectivity index (χ3n) is 2.34. The molecule has 2 heterocycles. The number of anilines is 2. The molecule has 0 saturated heterocycles. The van der Waals surface area contributed by atoms with Crippen LogP contribution in [-0.2, 0) is 6.54 Å². The van der Waals surface area contributed by atoms with Crippen LogP contribution in [0.1, 0.15) is 18.2 Å². The van der Waals surface area contributed by atoms with E-state index in [-0.39, 0.29) is 0 Å². The summed E-state index contributed by atoms with van der Waals surface area (Å²) in [5.41, 5.74) is 0. The molecule has 0 aliphatic carbocycles. The maximum Gasteiger partial charge on any atom is 0.131 e. The molecule has 0 aliphatic heterocycles. The van der Waals surface area contributed by atoms with Gasteiger partial charge in [0.25, 0.3) is 0 Å². The van der Waals surface area contributed by atoms with Crippen molar-refractivity contribution in [2.75, 3.05) is 17.2 Å². The van der Waals surface area contributed by atoms with E-state index in [0.29, 0.717) is 0 Å². The third kappa shape index (κ3) is 3.68. The summed E-state index contributed by atoms with van der Waals surface area (Å²) in [7, 11) is 0. The number of aromatic nitrogens is 2. The smallest absolute Gasteiger partial charge is 0.131 e. The molecule has 0 radical (unpaired) electrons. The number of thiophene rings is 1. The summed E-state index contributed by atoms with van der Waals surface area (Å²) < 4.78 is 1.14. The lowest BCUT2D eigenvalue weighted by Gasteiger charge is -2.07. The van der Waals surface area contributed by atoms with Gasteiger partial charge < -0.3 is 10.6 Å². The summed E-state index contributed by atoms with van der Waals surface area (Å²) in [5.74, 6) is 1.70. The van der Waals surface area contributed by atoms with Gasteiger partial charge in [0, 0.05) is 22.0 Å². The van der Waals surface area contributed by atoms with E-state index in [9.17, 15) is 0 Å². The molecule has 18 heavy (non-hydrogen) atoms. The zero-order chi connectivity index (χ0) is 12.8. The fourth-order valence-corrected chi connectivity index (χ4v) is 2.86. The summed E-state index contributed by atoms with van der Waals surface area (Å²) in [6, 6.07) is 3.98. The first-order valence-electron chi connectivity index (χ1n) is 5.81. The second-order valence-corrected chi connectivity index (χ2v) is 5.62. The molecule has 0 aromatic carbocycles. The molecule has 0 saturated carbocycles. The van der Waals surface area contributed by atoms with Gasteiger partial charge in [0.2, 0.25) is 0 Å². The molecule has 96 valence electrons. The molecular weight excluding hydrogens is 312 g/mol. The van der Waals surface area contributed by atoms with Crippen LogP contribution >= 0.6 is 27.3 Å². The van der Waals surface area contributed by atoms with E-state index in [1.807, 2.05) is 6.07 Å². The third-order valence-corrected chi connectivity index (χ3v) is 4.27. The fraction of sp³-hybridized carbons (Fsp3) is 0.333. The molecule has 4 nitrogen and oxygen atoms in total. The number of halogens is 1. The first-order valence-corrected chi connectivity index (χ1v) is 7.48. The standard InChI is InChI=1S/C12H15BrN4S/c1-2-4-14-11-6-12(17-8-16-11)15-7-10-9(13)3-5-18-10/h3,5-6,8H,2,4,7H2,1H3,(H2,14,15,16,17). The van der Waals surface area contributed by atoms with Gasteiger partial charge in [-0.1, -0.05) is 6.92 Å². The molecule has 2 aromatic heterocycles. The molecular formula is C12H15BrN4S. The molecule has 0 unspecified atom stereocenters. The number of hydrogen-bond donors (Lipinski definition) is 2. The Morgan fingerprint density at radius 1 is 1.28 bits per heavy atom. The number of nitrogens with one attached hydrogen (secondary N) is 2. The van der Waals surface area contributed by atoms with E-state index in [1.165, 1.54) is 4.88 Å². The molecule has 0 bridgehead atoms. The summed E-state index contributed by atoms with van der Waals surface area (Å²) in [6.45, 7) is 3.82. The monoisotopic (exact) mass is 326 g/mol. The van der Waals surface area contributed by atoms with Gasteiger partial charge in [0.05, 0.1) is 6.54 Å². The second kappa shape index (κ2) is 6.70. The highest BCUT2D eigenvalue weighted by atomic mass is 79.9. The minimum atomic E-state index is 0.766. The summed E-state index contributed by atoms with van der Waals surface area (Å²) in [4.78, 5) is 9.64. The SMILES string of the molecule is CCCNc1cc(NCc2sccc2Br)ncn1. The Labute approximate surface area is 119 Å². The van der Waals surface area contributed by atoms with Gasteiger partial charge in [0.1, 0.15) is 18.0 Å². The second-order valence-electron chi connectivity index (χ2n) is 3.76. The lowest BCUT2D eigenvalue weighted by atomic mass is 10.4. The Morgan fingerprint density at radius 3 is 2.72 bits per heavy atom. The van der Waals surface area contributed by atoms with Gasteiger partial charge >= 0.3 is 0 Å². The predicted octanol–water partition coefficient (Wildman–Crippen LogP) is 3.73. The first-order chi connectivity index (χ1) is 8.79. The fourth-order valence-electron chi connectivity index (χ4n) is 1.43. The van der Waals surface area contributed by atoms with E-state index < -0.39 is 0 Å². The van der Waals surface area contributed by atoms with Crippen LogP contribution in [-0.4, -0.2) is 16.5 Å². The zero-order valence-electron chi connectivity index (χ0n) is 10.1. The normalized spacial score (nSPS) is 10.3. The van der Waals surface area contributed by atoms with Gasteiger partial charge in [-0.15, -0.1) is 11.3 Å². The van der Waals surface area contributed by atoms with E-state index >= 15 is 0 Å². The van der Waals surface area contributed by atoms with Crippen molar-refractivity contribution in [1.29, 1.82) is 0 Å². The van der Waals surface area contributed by atoms with Crippen molar-refractivity contribution in [3.8, 4) is 0 Å². The lowest BCUT2D eigenvalue weighted by Crippen LogP contribution is -2.05. The highest BCUT2D eigenvalue weighted by molar-refractivity contribution is 9.10. The number of rotatable bonds is 6. The highest BCUT2D eigenvalue weighted by Gasteiger charge is 2.02. The van der Waals surface area contributed by atoms with Crippen LogP contribution in [0.3, 0.4) is 0 Å². The first kappa shape index (κ1) is 13.3. The maximum atomic E-state index is 4.20. The van der Waals surface area contributed by atoms with E-state index in [1.54, 1.807) is 17.7 Å². The van der Waals surface area contributed by atoms with Crippen molar-refractivity contribution in [3.05, 3.63) is 33.2 Å². The maximum absolute atomic E-state index is 4.20. The van der Waals surface area contributed by atoms with Crippen LogP contribution in [0.5, 0.6) is 0 Å². The van der Waals surface area contributed by atoms with Gasteiger partial charge in [-0.2, -0.15) is 0 Å². The summed E-state index contributed by atoms with van der Waals surface area (Å²) in [5, 5.41) is 8.60. The molecule has 0 spiro atoms. The largest absolute Gasteiger partial charge is 0.370 e. The molecule has 0 atom stereocenters. The Morgan fingerprint density at radius 2 is 2.06 bits per heavy atom. The van der Waals surface area contributed by atoms with E-state index in [4.69, 9.17) is 0 Å². The van der Waals surface area contributed by atoms with Crippen molar-refractivity contribution >= 4 is 38.9 Å². The zero-order valence-corrected chi connectivity index (χ0v) is 12.5. The van der Waals surface area contributed by atoms with Crippen LogP contribution in [0, 0.1) is 0 Å². The average Bonchev–Trinajstić information content (AvgIpc) is 2.80. The molecule has 6 heteroatoms. The van der Waals surface area contributed by atoms with Crippen molar-refractivity contribution in [2.24, 2.45) is 0 Å². The quantitative estimate of drug-likeness (QED) is 0.849. The Balaban J connectivity index is 1.95. The topological polar surface area (TPSA) is 49.8 Å². The minimum absolute atomic E-state index is 0.766. The van der Waals surface area contributed by atoms with E-state index in [0.717, 1.165) is 35.6 Å². The van der Waals surface area contributed by atoms with E-state index in [2.05, 4.69) is 54.9 Å². The van der Waals surface area contributed by atoms with Crippen LogP contribution in [0.15, 0.2) is 28.3 Å². The Kier molecular flexibility index (Phi) is 4.95. The summed E-state index contributed by atoms with van der Waals surface area (Å²) in [6.07, 6.45) is 2.65. The summed E-state index contributed by atoms with van der Waals surface area (Å²) >= 11 is 5.23. The van der Waals surface area contributed by atoms with Gasteiger partial charge in [-0.25, -0.2) is 9.97 Å². The molecule has 2 aromatic rings. The van der Waals surface area contributed by atoms with Gasteiger partial charge in [0.15, 0.2) is 0 Å². The van der Waals surface area contributed by atoms with Crippen molar-refractivity contribution in [3.63, 3.8) is 0 Å². The molecule has 0 fully saturated rings. The average molecular weight is 327 g/mol. The van der Waals surface area contributed by atoms with Crippen molar-refractivity contribution in [2.45, 2.75) is 19.9 Å². The van der Waals surface area contributed by atoms with Crippen LogP contribution < -0.4 is 10.6 Å². The minimum Gasteiger partial charge on any atom is -0.370 e. The van der Waals surface area contributed by atoms with Crippen LogP contribution in [0.2, 0.25) is 0 Å². The number of hydrogen-bond acceptors (Lipinski definition) is 5. The predicted molar refractivity (Wildman–Crippen MR) is 80.2 cm³/mol. The highest BCUT2D eigenvalue weighted by Crippen LogP contribution is 2.23. The molecule has 2 N–H and O–H groups in total. The lowest BCUT2D eigenvalue weighted by molar-refractivity contribution is 0.963. The van der Waals surface area contributed by atoms with Crippen LogP contribution in [0.25, 0.3) is 0 Å². The Bertz CT molecular complexity index is 500. The van der Waals surface area contributed by atoms with Crippen molar-refractivity contribution in [1.82, 2.24) is 9.97 Å². The molecule has 0 amide bonds. The number of nitrogens with zero attached hydrogens (tertiary/aromatic N) is 2.